The summed E-state index contributed by atoms with van der Waals surface area (Å²) in [6, 6.07) is 15.0. The predicted octanol–water partition coefficient (Wildman–Crippen LogP) is 5.41. The van der Waals surface area contributed by atoms with Gasteiger partial charge in [-0.1, -0.05) is 19.1 Å². The van der Waals surface area contributed by atoms with Gasteiger partial charge >= 0.3 is 0 Å². The van der Waals surface area contributed by atoms with Crippen molar-refractivity contribution in [2.75, 3.05) is 34.8 Å². The van der Waals surface area contributed by atoms with E-state index in [9.17, 15) is 4.79 Å². The Balaban J connectivity index is 1.33. The molecular weight excluding hydrogens is 416 g/mol. The fourth-order valence-electron chi connectivity index (χ4n) is 4.78. The molecule has 170 valence electrons. The van der Waals surface area contributed by atoms with Crippen LogP contribution in [0.2, 0.25) is 0 Å². The largest absolute Gasteiger partial charge is 0.371 e. The molecule has 2 aromatic rings. The number of rotatable bonds is 5. The van der Waals surface area contributed by atoms with Crippen LogP contribution in [0.25, 0.3) is 0 Å². The third-order valence-electron chi connectivity index (χ3n) is 6.58. The van der Waals surface area contributed by atoms with Gasteiger partial charge in [-0.2, -0.15) is 0 Å². The molecule has 32 heavy (non-hydrogen) atoms. The number of anilines is 3. The number of hydrogen-bond donors (Lipinski definition) is 2. The van der Waals surface area contributed by atoms with Crippen LogP contribution < -0.4 is 20.4 Å². The van der Waals surface area contributed by atoms with Gasteiger partial charge in [0.15, 0.2) is 5.11 Å². The maximum absolute atomic E-state index is 12.0. The van der Waals surface area contributed by atoms with Gasteiger partial charge in [-0.25, -0.2) is 0 Å². The van der Waals surface area contributed by atoms with Gasteiger partial charge < -0.3 is 20.4 Å². The average molecular weight is 451 g/mol. The summed E-state index contributed by atoms with van der Waals surface area (Å²) < 4.78 is 0. The van der Waals surface area contributed by atoms with E-state index in [-0.39, 0.29) is 11.9 Å². The normalized spacial score (nSPS) is 19.7. The van der Waals surface area contributed by atoms with Crippen molar-refractivity contribution in [1.82, 2.24) is 5.32 Å². The number of nitrogens with one attached hydrogen (secondary N) is 2. The van der Waals surface area contributed by atoms with E-state index in [1.807, 2.05) is 30.0 Å². The van der Waals surface area contributed by atoms with Gasteiger partial charge in [0.1, 0.15) is 0 Å². The summed E-state index contributed by atoms with van der Waals surface area (Å²) in [5, 5.41) is 7.27. The van der Waals surface area contributed by atoms with Crippen LogP contribution in [-0.4, -0.2) is 30.7 Å². The minimum atomic E-state index is 0.104. The van der Waals surface area contributed by atoms with Crippen LogP contribution in [0, 0.1) is 12.8 Å². The molecule has 1 amide bonds. The summed E-state index contributed by atoms with van der Waals surface area (Å²) in [5.41, 5.74) is 5.51. The molecule has 5 nitrogen and oxygen atoms in total. The average Bonchev–Trinajstić information content (AvgIpc) is 3.19. The van der Waals surface area contributed by atoms with Crippen LogP contribution in [0.1, 0.15) is 56.7 Å². The molecule has 0 aromatic heterocycles. The van der Waals surface area contributed by atoms with Crippen molar-refractivity contribution in [3.05, 3.63) is 53.6 Å². The fraction of sp³-hybridized carbons (Fsp3) is 0.462. The highest BCUT2D eigenvalue weighted by Gasteiger charge is 2.23. The van der Waals surface area contributed by atoms with Gasteiger partial charge in [-0.05, 0) is 92.7 Å². The number of benzene rings is 2. The third-order valence-corrected chi connectivity index (χ3v) is 6.80. The molecule has 2 aliphatic heterocycles. The van der Waals surface area contributed by atoms with Gasteiger partial charge in [0, 0.05) is 43.1 Å². The van der Waals surface area contributed by atoms with E-state index in [2.05, 4.69) is 53.6 Å². The van der Waals surface area contributed by atoms with Gasteiger partial charge in [0.2, 0.25) is 5.91 Å². The highest BCUT2D eigenvalue weighted by atomic mass is 32.1. The second kappa shape index (κ2) is 9.90. The zero-order valence-corrected chi connectivity index (χ0v) is 20.2. The molecular formula is C26H34N4OS. The number of hydrogen-bond acceptors (Lipinski definition) is 3. The Morgan fingerprint density at radius 1 is 1.12 bits per heavy atom. The van der Waals surface area contributed by atoms with Crippen LogP contribution in [0.4, 0.5) is 17.1 Å². The molecule has 2 atom stereocenters. The Morgan fingerprint density at radius 3 is 2.56 bits per heavy atom. The first-order valence-electron chi connectivity index (χ1n) is 11.7. The Morgan fingerprint density at radius 2 is 1.91 bits per heavy atom. The zero-order chi connectivity index (χ0) is 22.7. The summed E-state index contributed by atoms with van der Waals surface area (Å²) in [6.45, 7) is 9.59. The fourth-order valence-corrected chi connectivity index (χ4v) is 5.08. The molecule has 0 radical (unpaired) electrons. The van der Waals surface area contributed by atoms with Crippen molar-refractivity contribution in [3.8, 4) is 0 Å². The molecule has 2 aromatic carbocycles. The van der Waals surface area contributed by atoms with E-state index in [0.29, 0.717) is 11.5 Å². The molecule has 2 aliphatic rings. The number of piperidine rings is 1. The van der Waals surface area contributed by atoms with Crippen LogP contribution in [0.5, 0.6) is 0 Å². The van der Waals surface area contributed by atoms with Gasteiger partial charge in [0.05, 0.1) is 6.04 Å². The molecule has 0 unspecified atom stereocenters. The minimum Gasteiger partial charge on any atom is -0.371 e. The number of carbonyl (C=O) groups excluding carboxylic acids is 1. The highest BCUT2D eigenvalue weighted by molar-refractivity contribution is 7.80. The van der Waals surface area contributed by atoms with Crippen molar-refractivity contribution in [2.45, 2.75) is 52.5 Å². The molecule has 6 heteroatoms. The Labute approximate surface area is 197 Å². The Bertz CT molecular complexity index is 974. The van der Waals surface area contributed by atoms with E-state index >= 15 is 0 Å². The van der Waals surface area contributed by atoms with E-state index in [1.165, 1.54) is 24.1 Å². The first-order valence-corrected chi connectivity index (χ1v) is 12.1. The Hall–Kier alpha value is -2.60. The molecule has 0 bridgehead atoms. The summed E-state index contributed by atoms with van der Waals surface area (Å²) in [4.78, 5) is 16.4. The molecule has 0 aliphatic carbocycles. The minimum absolute atomic E-state index is 0.104. The molecule has 0 saturated carbocycles. The van der Waals surface area contributed by atoms with Crippen LogP contribution >= 0.6 is 12.2 Å². The number of carbonyl (C=O) groups is 1. The lowest BCUT2D eigenvalue weighted by Crippen LogP contribution is -2.34. The maximum Gasteiger partial charge on any atom is 0.227 e. The van der Waals surface area contributed by atoms with Gasteiger partial charge in [-0.3, -0.25) is 4.79 Å². The van der Waals surface area contributed by atoms with Gasteiger partial charge in [0.25, 0.3) is 0 Å². The second-order valence-electron chi connectivity index (χ2n) is 9.26. The van der Waals surface area contributed by atoms with Crippen LogP contribution in [0.15, 0.2) is 42.5 Å². The van der Waals surface area contributed by atoms with Crippen molar-refractivity contribution < 1.29 is 4.79 Å². The number of nitrogens with zero attached hydrogens (tertiary/aromatic N) is 2. The first kappa shape index (κ1) is 22.6. The zero-order valence-electron chi connectivity index (χ0n) is 19.4. The first-order chi connectivity index (χ1) is 15.4. The van der Waals surface area contributed by atoms with E-state index < -0.39 is 0 Å². The van der Waals surface area contributed by atoms with Crippen molar-refractivity contribution in [2.24, 2.45) is 5.92 Å². The maximum atomic E-state index is 12.0. The smallest absolute Gasteiger partial charge is 0.227 e. The lowest BCUT2D eigenvalue weighted by molar-refractivity contribution is -0.117. The quantitative estimate of drug-likeness (QED) is 0.597. The SMILES string of the molecule is Cc1cc(NC(=S)N[C@@H](C)c2ccc(N3CCC[C@H](C)C3)cc2)ccc1N1CCCC1=O. The number of thiocarbonyl (C=S) groups is 1. The standard InChI is InChI=1S/C26H34N4OS/c1-18-6-4-14-29(17-18)23-11-8-21(9-12-23)20(3)27-26(32)28-22-10-13-24(19(2)16-22)30-15-5-7-25(30)31/h8-13,16,18,20H,4-7,14-15,17H2,1-3H3,(H2,27,28,32)/t18-,20-/m0/s1. The lowest BCUT2D eigenvalue weighted by atomic mass is 9.99. The number of amides is 1. The van der Waals surface area contributed by atoms with Gasteiger partial charge in [-0.15, -0.1) is 0 Å². The number of aryl methyl sites for hydroxylation is 1. The van der Waals surface area contributed by atoms with Crippen LogP contribution in [-0.2, 0) is 4.79 Å². The highest BCUT2D eigenvalue weighted by Crippen LogP contribution is 2.28. The monoisotopic (exact) mass is 450 g/mol. The summed E-state index contributed by atoms with van der Waals surface area (Å²) in [5.74, 6) is 0.974. The second-order valence-corrected chi connectivity index (χ2v) is 9.66. The molecule has 2 N–H and O–H groups in total. The van der Waals surface area contributed by atoms with Crippen LogP contribution in [0.3, 0.4) is 0 Å². The topological polar surface area (TPSA) is 47.6 Å². The van der Waals surface area contributed by atoms with Crippen molar-refractivity contribution in [3.63, 3.8) is 0 Å². The van der Waals surface area contributed by atoms with Crippen molar-refractivity contribution in [1.29, 1.82) is 0 Å². The Kier molecular flexibility index (Phi) is 6.99. The molecule has 2 heterocycles. The predicted molar refractivity (Wildman–Crippen MR) is 138 cm³/mol. The lowest BCUT2D eigenvalue weighted by Gasteiger charge is -2.33. The van der Waals surface area contributed by atoms with E-state index in [0.717, 1.165) is 48.9 Å². The van der Waals surface area contributed by atoms with E-state index in [1.54, 1.807) is 0 Å². The summed E-state index contributed by atoms with van der Waals surface area (Å²) in [7, 11) is 0. The third kappa shape index (κ3) is 5.23. The molecule has 4 rings (SSSR count). The van der Waals surface area contributed by atoms with E-state index in [4.69, 9.17) is 12.2 Å². The molecule has 2 saturated heterocycles. The molecule has 0 spiro atoms. The molecule has 2 fully saturated rings. The van der Waals surface area contributed by atoms with Crippen molar-refractivity contribution >= 4 is 40.3 Å². The summed E-state index contributed by atoms with van der Waals surface area (Å²) in [6.07, 6.45) is 4.18. The summed E-state index contributed by atoms with van der Waals surface area (Å²) >= 11 is 5.56.